The number of fused-ring (bicyclic) bond motifs is 1. The summed E-state index contributed by atoms with van der Waals surface area (Å²) in [5.74, 6) is 0.0736. The quantitative estimate of drug-likeness (QED) is 0.495. The number of hydrogen-bond acceptors (Lipinski definition) is 6. The number of carbonyl (C=O) groups excluding carboxylic acids is 1. The van der Waals surface area contributed by atoms with Crippen LogP contribution >= 0.6 is 0 Å². The summed E-state index contributed by atoms with van der Waals surface area (Å²) < 4.78 is 40.8. The molecule has 0 radical (unpaired) electrons. The number of amides is 1. The first-order chi connectivity index (χ1) is 16.7. The third-order valence-electron chi connectivity index (χ3n) is 7.41. The molecule has 1 amide bonds. The van der Waals surface area contributed by atoms with Gasteiger partial charge in [-0.25, -0.2) is 13.1 Å². The molecule has 5 rings (SSSR count). The van der Waals surface area contributed by atoms with Crippen LogP contribution in [0, 0.1) is 6.92 Å². The van der Waals surface area contributed by atoms with Gasteiger partial charge in [0.05, 0.1) is 28.0 Å². The summed E-state index contributed by atoms with van der Waals surface area (Å²) in [6, 6.07) is 14.2. The van der Waals surface area contributed by atoms with Crippen molar-refractivity contribution in [2.24, 2.45) is 0 Å². The number of ether oxygens (including phenoxy) is 2. The third-order valence-corrected chi connectivity index (χ3v) is 8.79. The molecule has 2 aliphatic carbocycles. The van der Waals surface area contributed by atoms with Crippen LogP contribution in [0.25, 0.3) is 10.9 Å². The summed E-state index contributed by atoms with van der Waals surface area (Å²) in [6.07, 6.45) is 4.01. The fourth-order valence-electron chi connectivity index (χ4n) is 5.06. The van der Waals surface area contributed by atoms with Crippen molar-refractivity contribution in [1.29, 1.82) is 0 Å². The van der Waals surface area contributed by atoms with E-state index < -0.39 is 21.3 Å². The lowest BCUT2D eigenvalue weighted by molar-refractivity contribution is -0.121. The van der Waals surface area contributed by atoms with E-state index in [0.717, 1.165) is 36.1 Å². The van der Waals surface area contributed by atoms with Crippen LogP contribution in [0.1, 0.15) is 55.8 Å². The highest BCUT2D eigenvalue weighted by Gasteiger charge is 2.54. The number of benzene rings is 2. The van der Waals surface area contributed by atoms with E-state index in [9.17, 15) is 13.2 Å². The average Bonchev–Trinajstić information content (AvgIpc) is 3.61. The van der Waals surface area contributed by atoms with E-state index >= 15 is 0 Å². The molecule has 0 atom stereocenters. The van der Waals surface area contributed by atoms with Crippen molar-refractivity contribution in [3.63, 3.8) is 0 Å². The van der Waals surface area contributed by atoms with E-state index in [2.05, 4.69) is 9.71 Å². The normalized spacial score (nSPS) is 18.0. The number of aromatic nitrogens is 1. The number of pyridine rings is 1. The summed E-state index contributed by atoms with van der Waals surface area (Å²) in [5, 5.41) is 0.479. The van der Waals surface area contributed by atoms with Crippen molar-refractivity contribution in [3.8, 4) is 5.75 Å². The van der Waals surface area contributed by atoms with Gasteiger partial charge in [0.2, 0.25) is 5.91 Å². The zero-order chi connectivity index (χ0) is 24.8. The predicted octanol–water partition coefficient (Wildman–Crippen LogP) is 4.50. The van der Waals surface area contributed by atoms with Gasteiger partial charge in [0.1, 0.15) is 5.75 Å². The topological polar surface area (TPSA) is 94.6 Å². The fraction of sp³-hybridized carbons (Fsp3) is 0.407. The van der Waals surface area contributed by atoms with Gasteiger partial charge in [-0.05, 0) is 87.9 Å². The maximum Gasteiger partial charge on any atom is 0.264 e. The molecule has 0 aliphatic heterocycles. The molecule has 35 heavy (non-hydrogen) atoms. The van der Waals surface area contributed by atoms with Gasteiger partial charge < -0.3 is 9.47 Å². The maximum absolute atomic E-state index is 13.6. The van der Waals surface area contributed by atoms with E-state index in [4.69, 9.17) is 9.47 Å². The molecule has 1 N–H and O–H groups in total. The molecule has 2 aromatic carbocycles. The predicted molar refractivity (Wildman–Crippen MR) is 133 cm³/mol. The Labute approximate surface area is 205 Å². The lowest BCUT2D eigenvalue weighted by atomic mass is 9.73. The zero-order valence-corrected chi connectivity index (χ0v) is 21.1. The summed E-state index contributed by atoms with van der Waals surface area (Å²) in [4.78, 5) is 18.0. The summed E-state index contributed by atoms with van der Waals surface area (Å²) in [7, 11) is -2.41. The molecule has 1 aromatic heterocycles. The molecule has 2 fully saturated rings. The smallest absolute Gasteiger partial charge is 0.264 e. The van der Waals surface area contributed by atoms with Crippen molar-refractivity contribution in [1.82, 2.24) is 9.71 Å². The Morgan fingerprint density at radius 1 is 1.09 bits per heavy atom. The Hall–Kier alpha value is -2.97. The molecule has 0 bridgehead atoms. The Bertz CT molecular complexity index is 1400. The molecule has 1 heterocycles. The number of nitrogens with one attached hydrogen (secondary N) is 1. The van der Waals surface area contributed by atoms with Crippen LogP contribution in [0.2, 0.25) is 0 Å². The van der Waals surface area contributed by atoms with Crippen molar-refractivity contribution >= 4 is 26.8 Å². The molecule has 8 heteroatoms. The first-order valence-corrected chi connectivity index (χ1v) is 13.5. The molecule has 2 aliphatic rings. The van der Waals surface area contributed by atoms with E-state index in [0.29, 0.717) is 36.1 Å². The highest BCUT2D eigenvalue weighted by molar-refractivity contribution is 7.90. The number of hydrogen-bond donors (Lipinski definition) is 1. The second-order valence-electron chi connectivity index (χ2n) is 9.49. The van der Waals surface area contributed by atoms with E-state index in [-0.39, 0.29) is 10.5 Å². The standard InChI is InChI=1S/C27H30N2O5S/c1-4-34-23-12-10-19(27(33-3)13-6-14-27)17-21(23)26(15-16-26)25(30)29-35(31,32)24-8-5-7-22-20(24)11-9-18(2)28-22/h5,7-12,17H,4,6,13-16H2,1-3H3,(H,29,30). The largest absolute Gasteiger partial charge is 0.494 e. The van der Waals surface area contributed by atoms with Crippen LogP contribution < -0.4 is 9.46 Å². The van der Waals surface area contributed by atoms with Crippen molar-refractivity contribution in [2.45, 2.75) is 61.9 Å². The van der Waals surface area contributed by atoms with Gasteiger partial charge in [-0.2, -0.15) is 0 Å². The molecule has 2 saturated carbocycles. The first-order valence-electron chi connectivity index (χ1n) is 12.0. The molecule has 0 spiro atoms. The number of nitrogens with zero attached hydrogens (tertiary/aromatic N) is 1. The highest BCUT2D eigenvalue weighted by Crippen LogP contribution is 2.54. The molecule has 3 aromatic rings. The zero-order valence-electron chi connectivity index (χ0n) is 20.3. The van der Waals surface area contributed by atoms with Crippen LogP contribution in [0.3, 0.4) is 0 Å². The number of carbonyl (C=O) groups is 1. The SMILES string of the molecule is CCOc1ccc(C2(OC)CCC2)cc1C1(C(=O)NS(=O)(=O)c2cccc3nc(C)ccc23)CC1. The van der Waals surface area contributed by atoms with Crippen LogP contribution in [-0.2, 0) is 30.6 Å². The average molecular weight is 495 g/mol. The van der Waals surface area contributed by atoms with E-state index in [1.165, 1.54) is 6.07 Å². The van der Waals surface area contributed by atoms with Crippen LogP contribution in [-0.4, -0.2) is 33.0 Å². The Kier molecular flexibility index (Phi) is 5.84. The second-order valence-corrected chi connectivity index (χ2v) is 11.1. The van der Waals surface area contributed by atoms with Crippen molar-refractivity contribution in [3.05, 3.63) is 65.4 Å². The monoisotopic (exact) mass is 494 g/mol. The summed E-state index contributed by atoms with van der Waals surface area (Å²) in [6.45, 7) is 4.18. The minimum absolute atomic E-state index is 0.0400. The first kappa shape index (κ1) is 23.8. The lowest BCUT2D eigenvalue weighted by Crippen LogP contribution is -2.40. The molecule has 0 saturated heterocycles. The van der Waals surface area contributed by atoms with Crippen molar-refractivity contribution in [2.75, 3.05) is 13.7 Å². The number of methoxy groups -OCH3 is 1. The van der Waals surface area contributed by atoms with E-state index in [1.807, 2.05) is 32.0 Å². The number of sulfonamides is 1. The Morgan fingerprint density at radius 2 is 1.86 bits per heavy atom. The van der Waals surface area contributed by atoms with Crippen molar-refractivity contribution < 1.29 is 22.7 Å². The third kappa shape index (κ3) is 3.98. The summed E-state index contributed by atoms with van der Waals surface area (Å²) in [5.41, 5.74) is 1.78. The Morgan fingerprint density at radius 3 is 2.49 bits per heavy atom. The Balaban J connectivity index is 1.51. The molecular weight excluding hydrogens is 464 g/mol. The molecular formula is C27H30N2O5S. The molecule has 184 valence electrons. The lowest BCUT2D eigenvalue weighted by Gasteiger charge is -2.41. The fourth-order valence-corrected chi connectivity index (χ4v) is 6.33. The van der Waals surface area contributed by atoms with Gasteiger partial charge >= 0.3 is 0 Å². The molecule has 0 unspecified atom stereocenters. The summed E-state index contributed by atoms with van der Waals surface area (Å²) >= 11 is 0. The maximum atomic E-state index is 13.6. The number of aryl methyl sites for hydroxylation is 1. The highest BCUT2D eigenvalue weighted by atomic mass is 32.2. The van der Waals surface area contributed by atoms with Gasteiger partial charge in [0.15, 0.2) is 0 Å². The molecule has 7 nitrogen and oxygen atoms in total. The van der Waals surface area contributed by atoms with Gasteiger partial charge in [-0.1, -0.05) is 12.1 Å². The van der Waals surface area contributed by atoms with Gasteiger partial charge in [-0.3, -0.25) is 9.78 Å². The minimum Gasteiger partial charge on any atom is -0.494 e. The van der Waals surface area contributed by atoms with Gasteiger partial charge in [-0.15, -0.1) is 0 Å². The number of rotatable bonds is 8. The van der Waals surface area contributed by atoms with Crippen LogP contribution in [0.4, 0.5) is 0 Å². The van der Waals surface area contributed by atoms with E-state index in [1.54, 1.807) is 31.4 Å². The van der Waals surface area contributed by atoms with Crippen LogP contribution in [0.15, 0.2) is 53.4 Å². The second kappa shape index (κ2) is 8.60. The van der Waals surface area contributed by atoms with Gasteiger partial charge in [0.25, 0.3) is 10.0 Å². The minimum atomic E-state index is -4.12. The van der Waals surface area contributed by atoms with Gasteiger partial charge in [0, 0.05) is 23.8 Å². The van der Waals surface area contributed by atoms with Crippen LogP contribution in [0.5, 0.6) is 5.75 Å².